The second kappa shape index (κ2) is 4.26. The van der Waals surface area contributed by atoms with Crippen LogP contribution in [0.15, 0.2) is 0 Å². The molecule has 1 saturated carbocycles. The molecule has 0 saturated heterocycles. The molecule has 1 aliphatic carbocycles. The highest BCUT2D eigenvalue weighted by Gasteiger charge is 2.33. The maximum Gasteiger partial charge on any atom is 0.133 e. The normalized spacial score (nSPS) is 35.0. The Morgan fingerprint density at radius 3 is 2.38 bits per heavy atom. The van der Waals surface area contributed by atoms with Crippen molar-refractivity contribution in [2.75, 3.05) is 0 Å². The van der Waals surface area contributed by atoms with Crippen molar-refractivity contribution in [3.63, 3.8) is 0 Å². The van der Waals surface area contributed by atoms with Crippen LogP contribution >= 0.6 is 0 Å². The lowest BCUT2D eigenvalue weighted by Gasteiger charge is -2.35. The number of hydrogen-bond acceptors (Lipinski definition) is 1. The van der Waals surface area contributed by atoms with Crippen LogP contribution in [-0.2, 0) is 4.79 Å². The summed E-state index contributed by atoms with van der Waals surface area (Å²) in [7, 11) is 0. The molecule has 0 aromatic carbocycles. The van der Waals surface area contributed by atoms with Crippen molar-refractivity contribution < 1.29 is 4.79 Å². The van der Waals surface area contributed by atoms with Gasteiger partial charge in [-0.1, -0.05) is 27.2 Å². The van der Waals surface area contributed by atoms with Gasteiger partial charge in [-0.3, -0.25) is 4.79 Å². The first kappa shape index (κ1) is 10.7. The van der Waals surface area contributed by atoms with E-state index in [4.69, 9.17) is 0 Å². The van der Waals surface area contributed by atoms with Gasteiger partial charge in [0.1, 0.15) is 5.78 Å². The molecule has 0 aliphatic heterocycles. The van der Waals surface area contributed by atoms with Crippen molar-refractivity contribution in [3.8, 4) is 0 Å². The summed E-state index contributed by atoms with van der Waals surface area (Å²) in [5, 5.41) is 0. The smallest absolute Gasteiger partial charge is 0.133 e. The van der Waals surface area contributed by atoms with Gasteiger partial charge in [0.25, 0.3) is 0 Å². The Bertz CT molecular complexity index is 184. The topological polar surface area (TPSA) is 17.1 Å². The van der Waals surface area contributed by atoms with Gasteiger partial charge in [-0.25, -0.2) is 0 Å². The average molecular weight is 182 g/mol. The molecule has 1 nitrogen and oxygen atoms in total. The Morgan fingerprint density at radius 1 is 1.31 bits per heavy atom. The summed E-state index contributed by atoms with van der Waals surface area (Å²) in [5.74, 6) is 2.83. The molecule has 0 amide bonds. The highest BCUT2D eigenvalue weighted by molar-refractivity contribution is 5.78. The van der Waals surface area contributed by atoms with Crippen LogP contribution in [0.25, 0.3) is 0 Å². The fourth-order valence-electron chi connectivity index (χ4n) is 2.67. The van der Waals surface area contributed by atoms with Crippen molar-refractivity contribution in [3.05, 3.63) is 0 Å². The molecule has 1 rings (SSSR count). The van der Waals surface area contributed by atoms with Crippen LogP contribution in [0, 0.1) is 23.7 Å². The minimum Gasteiger partial charge on any atom is -0.300 e. The lowest BCUT2D eigenvalue weighted by atomic mass is 9.69. The predicted octanol–water partition coefficient (Wildman–Crippen LogP) is 3.28. The largest absolute Gasteiger partial charge is 0.300 e. The van der Waals surface area contributed by atoms with E-state index in [0.29, 0.717) is 23.5 Å². The van der Waals surface area contributed by atoms with Crippen molar-refractivity contribution in [2.24, 2.45) is 23.7 Å². The third-order valence-corrected chi connectivity index (χ3v) is 3.54. The fourth-order valence-corrected chi connectivity index (χ4v) is 2.67. The molecule has 3 atom stereocenters. The van der Waals surface area contributed by atoms with Crippen LogP contribution in [-0.4, -0.2) is 5.78 Å². The van der Waals surface area contributed by atoms with Crippen LogP contribution < -0.4 is 0 Å². The highest BCUT2D eigenvalue weighted by atomic mass is 16.1. The molecule has 13 heavy (non-hydrogen) atoms. The monoisotopic (exact) mass is 182 g/mol. The first-order valence-electron chi connectivity index (χ1n) is 5.52. The average Bonchev–Trinajstić information content (AvgIpc) is 2.03. The Balaban J connectivity index is 2.66. The number of carbonyl (C=O) groups is 1. The lowest BCUT2D eigenvalue weighted by molar-refractivity contribution is -0.124. The molecule has 1 fully saturated rings. The zero-order chi connectivity index (χ0) is 10.0. The first-order chi connectivity index (χ1) is 6.02. The molecule has 0 unspecified atom stereocenters. The molecule has 0 aromatic rings. The van der Waals surface area contributed by atoms with Crippen LogP contribution in [0.1, 0.15) is 47.0 Å². The molecular formula is C12H22O. The second-order valence-corrected chi connectivity index (χ2v) is 5.04. The Morgan fingerprint density at radius 2 is 1.92 bits per heavy atom. The molecule has 0 radical (unpaired) electrons. The molecular weight excluding hydrogens is 160 g/mol. The first-order valence-corrected chi connectivity index (χ1v) is 5.52. The Labute approximate surface area is 81.9 Å². The summed E-state index contributed by atoms with van der Waals surface area (Å²) in [4.78, 5) is 11.5. The van der Waals surface area contributed by atoms with E-state index in [1.54, 1.807) is 6.92 Å². The number of carbonyl (C=O) groups excluding carboxylic acids is 1. The highest BCUT2D eigenvalue weighted by Crippen LogP contribution is 2.38. The van der Waals surface area contributed by atoms with E-state index >= 15 is 0 Å². The number of rotatable bonds is 2. The summed E-state index contributed by atoms with van der Waals surface area (Å²) in [6.07, 6.45) is 3.69. The third-order valence-electron chi connectivity index (χ3n) is 3.54. The number of Topliss-reactive ketones (excluding diaryl/α,β-unsaturated/α-hetero) is 1. The van der Waals surface area contributed by atoms with Gasteiger partial charge in [0.05, 0.1) is 0 Å². The summed E-state index contributed by atoms with van der Waals surface area (Å²) < 4.78 is 0. The van der Waals surface area contributed by atoms with Gasteiger partial charge in [0.2, 0.25) is 0 Å². The summed E-state index contributed by atoms with van der Waals surface area (Å²) >= 11 is 0. The van der Waals surface area contributed by atoms with E-state index in [1.165, 1.54) is 12.8 Å². The summed E-state index contributed by atoms with van der Waals surface area (Å²) in [6, 6.07) is 0. The molecule has 0 spiro atoms. The van der Waals surface area contributed by atoms with Crippen molar-refractivity contribution in [2.45, 2.75) is 47.0 Å². The van der Waals surface area contributed by atoms with Crippen molar-refractivity contribution in [1.29, 1.82) is 0 Å². The predicted molar refractivity (Wildman–Crippen MR) is 55.5 cm³/mol. The van der Waals surface area contributed by atoms with E-state index in [9.17, 15) is 4.79 Å². The Hall–Kier alpha value is -0.330. The van der Waals surface area contributed by atoms with Crippen LogP contribution in [0.5, 0.6) is 0 Å². The third kappa shape index (κ3) is 2.55. The van der Waals surface area contributed by atoms with E-state index in [2.05, 4.69) is 20.8 Å². The van der Waals surface area contributed by atoms with E-state index < -0.39 is 0 Å². The van der Waals surface area contributed by atoms with Gasteiger partial charge >= 0.3 is 0 Å². The SMILES string of the molecule is CC(=O)[C@@H]1C[C@H](C)CC[C@H]1C(C)C. The zero-order valence-corrected chi connectivity index (χ0v) is 9.34. The van der Waals surface area contributed by atoms with Crippen LogP contribution in [0.4, 0.5) is 0 Å². The van der Waals surface area contributed by atoms with Crippen molar-refractivity contribution >= 4 is 5.78 Å². The molecule has 1 aliphatic rings. The number of ketones is 1. The standard InChI is InChI=1S/C12H22O/c1-8(2)11-6-5-9(3)7-12(11)10(4)13/h8-9,11-12H,5-7H2,1-4H3/t9-,11+,12+/m1/s1. The fraction of sp³-hybridized carbons (Fsp3) is 0.917. The minimum absolute atomic E-state index is 0.351. The van der Waals surface area contributed by atoms with Gasteiger partial charge in [-0.2, -0.15) is 0 Å². The van der Waals surface area contributed by atoms with E-state index in [1.807, 2.05) is 0 Å². The molecule has 1 heteroatoms. The van der Waals surface area contributed by atoms with Crippen LogP contribution in [0.2, 0.25) is 0 Å². The molecule has 0 bridgehead atoms. The maximum absolute atomic E-state index is 11.5. The van der Waals surface area contributed by atoms with Crippen molar-refractivity contribution in [1.82, 2.24) is 0 Å². The lowest BCUT2D eigenvalue weighted by Crippen LogP contribution is -2.32. The minimum atomic E-state index is 0.351. The zero-order valence-electron chi connectivity index (χ0n) is 9.34. The summed E-state index contributed by atoms with van der Waals surface area (Å²) in [5.41, 5.74) is 0. The quantitative estimate of drug-likeness (QED) is 0.640. The molecule has 76 valence electrons. The van der Waals surface area contributed by atoms with Crippen LogP contribution in [0.3, 0.4) is 0 Å². The van der Waals surface area contributed by atoms with E-state index in [0.717, 1.165) is 12.3 Å². The van der Waals surface area contributed by atoms with Gasteiger partial charge < -0.3 is 0 Å². The second-order valence-electron chi connectivity index (χ2n) is 5.04. The molecule has 0 N–H and O–H groups in total. The molecule has 0 aromatic heterocycles. The summed E-state index contributed by atoms with van der Waals surface area (Å²) in [6.45, 7) is 8.53. The van der Waals surface area contributed by atoms with Gasteiger partial charge in [0, 0.05) is 5.92 Å². The molecule has 0 heterocycles. The van der Waals surface area contributed by atoms with Gasteiger partial charge in [0.15, 0.2) is 0 Å². The van der Waals surface area contributed by atoms with Gasteiger partial charge in [-0.15, -0.1) is 0 Å². The number of hydrogen-bond donors (Lipinski definition) is 0. The van der Waals surface area contributed by atoms with Gasteiger partial charge in [-0.05, 0) is 37.5 Å². The Kier molecular flexibility index (Phi) is 3.52. The maximum atomic E-state index is 11.5. The van der Waals surface area contributed by atoms with E-state index in [-0.39, 0.29) is 0 Å².